The molecule has 0 aliphatic heterocycles. The van der Waals surface area contributed by atoms with E-state index in [1.807, 2.05) is 0 Å². The van der Waals surface area contributed by atoms with Crippen molar-refractivity contribution in [3.05, 3.63) is 30.7 Å². The van der Waals surface area contributed by atoms with Crippen molar-refractivity contribution < 1.29 is 14.3 Å². The number of nitrogens with one attached hydrogen (secondary N) is 1. The Morgan fingerprint density at radius 2 is 2.06 bits per heavy atom. The molecule has 1 fully saturated rings. The monoisotopic (exact) mass is 441 g/mol. The second-order valence-corrected chi connectivity index (χ2v) is 7.64. The highest BCUT2D eigenvalue weighted by atomic mass is 32.1. The maximum absolute atomic E-state index is 12.5. The molecule has 0 atom stereocenters. The van der Waals surface area contributed by atoms with Gasteiger partial charge in [0.1, 0.15) is 17.9 Å². The molecule has 0 saturated heterocycles. The number of amides is 2. The third-order valence-corrected chi connectivity index (χ3v) is 5.40. The van der Waals surface area contributed by atoms with Crippen LogP contribution in [0.3, 0.4) is 0 Å². The van der Waals surface area contributed by atoms with Gasteiger partial charge in [-0.2, -0.15) is 5.10 Å². The quantitative estimate of drug-likeness (QED) is 0.446. The van der Waals surface area contributed by atoms with Gasteiger partial charge in [-0.15, -0.1) is 0 Å². The third kappa shape index (κ3) is 4.93. The van der Waals surface area contributed by atoms with Crippen molar-refractivity contribution in [3.8, 4) is 11.3 Å². The molecule has 162 valence electrons. The molecule has 0 aromatic carbocycles. The topological polar surface area (TPSA) is 115 Å². The van der Waals surface area contributed by atoms with E-state index in [1.165, 1.54) is 8.99 Å². The van der Waals surface area contributed by atoms with Crippen LogP contribution in [0.1, 0.15) is 32.6 Å². The maximum Gasteiger partial charge on any atom is 0.333 e. The summed E-state index contributed by atoms with van der Waals surface area (Å²) in [6, 6.07) is 3.28. The van der Waals surface area contributed by atoms with Crippen LogP contribution in [0.15, 0.2) is 30.7 Å². The van der Waals surface area contributed by atoms with Gasteiger partial charge in [-0.25, -0.2) is 19.1 Å². The smallest absolute Gasteiger partial charge is 0.333 e. The summed E-state index contributed by atoms with van der Waals surface area (Å²) in [5, 5.41) is 7.14. The first kappa shape index (κ1) is 21.0. The molecule has 3 aromatic rings. The molecule has 0 radical (unpaired) electrons. The number of ether oxygens (including phenoxy) is 1. The number of carbonyl (C=O) groups excluding carboxylic acids is 2. The molecule has 3 aromatic heterocycles. The first-order valence-electron chi connectivity index (χ1n) is 10.1. The van der Waals surface area contributed by atoms with Crippen molar-refractivity contribution in [2.24, 2.45) is 0 Å². The minimum absolute atomic E-state index is 0.0158. The number of hydrogen-bond donors (Lipinski definition) is 2. The van der Waals surface area contributed by atoms with Crippen LogP contribution in [-0.4, -0.2) is 49.4 Å². The van der Waals surface area contributed by atoms with Crippen molar-refractivity contribution in [1.29, 1.82) is 0 Å². The van der Waals surface area contributed by atoms with E-state index < -0.39 is 0 Å². The van der Waals surface area contributed by atoms with Gasteiger partial charge in [0.05, 0.1) is 24.7 Å². The molecule has 1 saturated carbocycles. The number of thiol groups is 1. The zero-order valence-corrected chi connectivity index (χ0v) is 18.0. The number of urea groups is 1. The van der Waals surface area contributed by atoms with Gasteiger partial charge in [0.2, 0.25) is 0 Å². The molecule has 11 heteroatoms. The van der Waals surface area contributed by atoms with Crippen LogP contribution in [0.5, 0.6) is 0 Å². The standard InChI is InChI=1S/C20H23N7O3S/c1-2-30-18(28)12-26-11-13(9-22-26)16-10-21-15-7-8-17(25-19(15)24-16)27(31)20(29)23-14-5-3-4-6-14/h7-11,14,31H,2-6,12H2,1H3,(H,23,29). The molecule has 1 N–H and O–H groups in total. The number of aromatic nitrogens is 5. The Labute approximate surface area is 184 Å². The minimum atomic E-state index is -0.363. The highest BCUT2D eigenvalue weighted by Crippen LogP contribution is 2.22. The summed E-state index contributed by atoms with van der Waals surface area (Å²) in [6.45, 7) is 2.09. The number of anilines is 1. The SMILES string of the molecule is CCOC(=O)Cn1cc(-c2cnc3ccc(N(S)C(=O)NC4CCCC4)nc3n2)cn1. The lowest BCUT2D eigenvalue weighted by Gasteiger charge is -2.19. The van der Waals surface area contributed by atoms with E-state index in [2.05, 4.69) is 38.2 Å². The molecule has 0 unspecified atom stereocenters. The minimum Gasteiger partial charge on any atom is -0.465 e. The zero-order valence-electron chi connectivity index (χ0n) is 17.1. The summed E-state index contributed by atoms with van der Waals surface area (Å²) in [5.74, 6) is -0.00593. The van der Waals surface area contributed by atoms with Gasteiger partial charge in [0, 0.05) is 17.8 Å². The number of rotatable bonds is 6. The lowest BCUT2D eigenvalue weighted by Crippen LogP contribution is -2.40. The highest BCUT2D eigenvalue weighted by molar-refractivity contribution is 7.82. The van der Waals surface area contributed by atoms with Crippen molar-refractivity contribution >= 4 is 41.8 Å². The number of carbonyl (C=O) groups is 2. The maximum atomic E-state index is 12.5. The third-order valence-electron chi connectivity index (χ3n) is 5.01. The summed E-state index contributed by atoms with van der Waals surface area (Å²) in [5.41, 5.74) is 2.20. The predicted octanol–water partition coefficient (Wildman–Crippen LogP) is 2.75. The number of fused-ring (bicyclic) bond motifs is 1. The Hall–Kier alpha value is -3.21. The number of pyridine rings is 1. The fraction of sp³-hybridized carbons (Fsp3) is 0.400. The van der Waals surface area contributed by atoms with Gasteiger partial charge in [0.15, 0.2) is 5.65 Å². The van der Waals surface area contributed by atoms with Crippen LogP contribution < -0.4 is 9.62 Å². The lowest BCUT2D eigenvalue weighted by molar-refractivity contribution is -0.144. The molecular weight excluding hydrogens is 418 g/mol. The van der Waals surface area contributed by atoms with Crippen molar-refractivity contribution in [3.63, 3.8) is 0 Å². The number of hydrogen-bond acceptors (Lipinski definition) is 8. The zero-order chi connectivity index (χ0) is 21.8. The van der Waals surface area contributed by atoms with Crippen molar-refractivity contribution in [2.45, 2.75) is 45.2 Å². The summed E-state index contributed by atoms with van der Waals surface area (Å²) in [4.78, 5) is 37.5. The normalized spacial score (nSPS) is 14.0. The van der Waals surface area contributed by atoms with Crippen LogP contribution in [-0.2, 0) is 16.1 Å². The van der Waals surface area contributed by atoms with Gasteiger partial charge in [0.25, 0.3) is 0 Å². The number of esters is 1. The highest BCUT2D eigenvalue weighted by Gasteiger charge is 2.21. The average Bonchev–Trinajstić information content (AvgIpc) is 3.45. The van der Waals surface area contributed by atoms with Crippen LogP contribution in [0, 0.1) is 0 Å². The van der Waals surface area contributed by atoms with Crippen LogP contribution in [0.2, 0.25) is 0 Å². The van der Waals surface area contributed by atoms with Crippen LogP contribution >= 0.6 is 12.8 Å². The summed E-state index contributed by atoms with van der Waals surface area (Å²) < 4.78 is 7.59. The van der Waals surface area contributed by atoms with E-state index in [-0.39, 0.29) is 24.6 Å². The Morgan fingerprint density at radius 1 is 1.26 bits per heavy atom. The van der Waals surface area contributed by atoms with E-state index in [0.717, 1.165) is 25.7 Å². The summed E-state index contributed by atoms with van der Waals surface area (Å²) in [7, 11) is 0. The molecule has 0 spiro atoms. The van der Waals surface area contributed by atoms with Crippen LogP contribution in [0.4, 0.5) is 10.6 Å². The van der Waals surface area contributed by atoms with Gasteiger partial charge in [-0.05, 0) is 31.9 Å². The molecule has 3 heterocycles. The first-order valence-corrected chi connectivity index (χ1v) is 10.5. The molecule has 4 rings (SSSR count). The second kappa shape index (κ2) is 9.29. The summed E-state index contributed by atoms with van der Waals surface area (Å²) in [6.07, 6.45) is 9.12. The van der Waals surface area contributed by atoms with Gasteiger partial charge in [-0.1, -0.05) is 25.7 Å². The molecule has 31 heavy (non-hydrogen) atoms. The Balaban J connectivity index is 1.52. The first-order chi connectivity index (χ1) is 15.0. The Bertz CT molecular complexity index is 1100. The average molecular weight is 442 g/mol. The van der Waals surface area contributed by atoms with Gasteiger partial charge < -0.3 is 10.1 Å². The predicted molar refractivity (Wildman–Crippen MR) is 117 cm³/mol. The molecule has 0 bridgehead atoms. The van der Waals surface area contributed by atoms with Crippen LogP contribution in [0.25, 0.3) is 22.4 Å². The Morgan fingerprint density at radius 3 is 2.84 bits per heavy atom. The van der Waals surface area contributed by atoms with Gasteiger partial charge >= 0.3 is 12.0 Å². The Kier molecular flexibility index (Phi) is 6.31. The van der Waals surface area contributed by atoms with E-state index in [9.17, 15) is 9.59 Å². The van der Waals surface area contributed by atoms with Crippen molar-refractivity contribution in [1.82, 2.24) is 30.0 Å². The van der Waals surface area contributed by atoms with E-state index in [4.69, 9.17) is 4.74 Å². The van der Waals surface area contributed by atoms with Crippen molar-refractivity contribution in [2.75, 3.05) is 10.9 Å². The second-order valence-electron chi connectivity index (χ2n) is 7.24. The summed E-state index contributed by atoms with van der Waals surface area (Å²) >= 11 is 4.31. The van der Waals surface area contributed by atoms with E-state index in [1.54, 1.807) is 37.6 Å². The lowest BCUT2D eigenvalue weighted by atomic mass is 10.2. The molecule has 10 nitrogen and oxygen atoms in total. The fourth-order valence-electron chi connectivity index (χ4n) is 3.48. The molecule has 1 aliphatic carbocycles. The number of nitrogens with zero attached hydrogens (tertiary/aromatic N) is 6. The largest absolute Gasteiger partial charge is 0.465 e. The van der Waals surface area contributed by atoms with Gasteiger partial charge in [-0.3, -0.25) is 14.5 Å². The molecular formula is C20H23N7O3S. The fourth-order valence-corrected chi connectivity index (χ4v) is 3.65. The molecule has 1 aliphatic rings. The van der Waals surface area contributed by atoms with E-state index in [0.29, 0.717) is 34.8 Å². The molecule has 2 amide bonds. The van der Waals surface area contributed by atoms with E-state index >= 15 is 0 Å².